The highest BCUT2D eigenvalue weighted by Crippen LogP contribution is 2.33. The number of benzene rings is 1. The molecule has 0 saturated carbocycles. The maximum atomic E-state index is 13.2. The van der Waals surface area contributed by atoms with Gasteiger partial charge in [-0.25, -0.2) is 4.79 Å². The first-order chi connectivity index (χ1) is 14.8. The number of fused-ring (bicyclic) bond motifs is 1. The molecule has 1 atom stereocenters. The summed E-state index contributed by atoms with van der Waals surface area (Å²) < 4.78 is 1.27. The number of carbonyl (C=O) groups is 2. The molecule has 31 heavy (non-hydrogen) atoms. The normalized spacial score (nSPS) is 14.9. The summed E-state index contributed by atoms with van der Waals surface area (Å²) in [6.45, 7) is 3.75. The number of aromatic nitrogens is 2. The van der Waals surface area contributed by atoms with Crippen molar-refractivity contribution in [1.29, 1.82) is 0 Å². The molecule has 1 aliphatic rings. The van der Waals surface area contributed by atoms with Gasteiger partial charge in [0.1, 0.15) is 5.82 Å². The Morgan fingerprint density at radius 3 is 2.61 bits per heavy atom. The van der Waals surface area contributed by atoms with Gasteiger partial charge in [-0.3, -0.25) is 23.9 Å². The van der Waals surface area contributed by atoms with E-state index in [9.17, 15) is 19.2 Å². The second-order valence-electron chi connectivity index (χ2n) is 7.54. The molecule has 1 aromatic carbocycles. The highest BCUT2D eigenvalue weighted by atomic mass is 16.2. The summed E-state index contributed by atoms with van der Waals surface area (Å²) in [5.74, 6) is -0.652. The zero-order chi connectivity index (χ0) is 22.7. The minimum atomic E-state index is -0.724. The van der Waals surface area contributed by atoms with Crippen LogP contribution in [0.3, 0.4) is 0 Å². The van der Waals surface area contributed by atoms with Crippen molar-refractivity contribution >= 4 is 29.4 Å². The Morgan fingerprint density at radius 1 is 1.23 bits per heavy atom. The van der Waals surface area contributed by atoms with Crippen LogP contribution in [0.5, 0.6) is 0 Å². The van der Waals surface area contributed by atoms with Crippen LogP contribution < -0.4 is 21.9 Å². The molecule has 0 spiro atoms. The van der Waals surface area contributed by atoms with E-state index in [0.717, 1.165) is 22.4 Å². The third kappa shape index (κ3) is 4.30. The van der Waals surface area contributed by atoms with Crippen LogP contribution in [0.4, 0.5) is 11.5 Å². The Kier molecular flexibility index (Phi) is 6.43. The SMILES string of the molecule is CCCCn1c(N)c(N(C)C(=O)C[C@H]2c3ccccc3C=CN2C(C)=O)c(=O)[nH]c1=O. The number of H-pyrrole nitrogens is 1. The van der Waals surface area contributed by atoms with Crippen LogP contribution in [0.15, 0.2) is 40.1 Å². The van der Waals surface area contributed by atoms with Crippen LogP contribution in [-0.2, 0) is 16.1 Å². The van der Waals surface area contributed by atoms with Crippen LogP contribution in [0.25, 0.3) is 6.08 Å². The van der Waals surface area contributed by atoms with Gasteiger partial charge in [-0.1, -0.05) is 37.6 Å². The molecule has 9 nitrogen and oxygen atoms in total. The maximum absolute atomic E-state index is 13.2. The second kappa shape index (κ2) is 9.03. The van der Waals surface area contributed by atoms with Crippen molar-refractivity contribution < 1.29 is 9.59 Å². The van der Waals surface area contributed by atoms with Gasteiger partial charge in [-0.05, 0) is 23.6 Å². The number of hydrogen-bond donors (Lipinski definition) is 2. The van der Waals surface area contributed by atoms with Gasteiger partial charge in [0.15, 0.2) is 5.69 Å². The minimum Gasteiger partial charge on any atom is -0.383 e. The predicted molar refractivity (Wildman–Crippen MR) is 119 cm³/mol. The fraction of sp³-hybridized carbons (Fsp3) is 0.364. The van der Waals surface area contributed by atoms with E-state index in [1.54, 1.807) is 6.20 Å². The number of nitrogens with zero attached hydrogens (tertiary/aromatic N) is 3. The van der Waals surface area contributed by atoms with Crippen molar-refractivity contribution in [3.8, 4) is 0 Å². The first-order valence-corrected chi connectivity index (χ1v) is 10.2. The molecule has 164 valence electrons. The number of nitrogen functional groups attached to an aromatic ring is 1. The highest BCUT2D eigenvalue weighted by Gasteiger charge is 2.30. The summed E-state index contributed by atoms with van der Waals surface area (Å²) in [4.78, 5) is 54.9. The van der Waals surface area contributed by atoms with Gasteiger partial charge < -0.3 is 15.5 Å². The monoisotopic (exact) mass is 425 g/mol. The average Bonchev–Trinajstić information content (AvgIpc) is 2.73. The van der Waals surface area contributed by atoms with E-state index < -0.39 is 23.2 Å². The van der Waals surface area contributed by atoms with Gasteiger partial charge in [0, 0.05) is 26.7 Å². The number of hydrogen-bond acceptors (Lipinski definition) is 5. The molecule has 0 aliphatic carbocycles. The molecule has 1 aliphatic heterocycles. The number of aromatic amines is 1. The molecule has 2 heterocycles. The molecule has 2 aromatic rings. The first-order valence-electron chi connectivity index (χ1n) is 10.2. The molecular weight excluding hydrogens is 398 g/mol. The standard InChI is InChI=1S/C22H27N5O4/c1-4-5-11-27-20(23)19(21(30)24-22(27)31)25(3)18(29)13-17-16-9-7-6-8-15(16)10-12-26(17)14(2)28/h6-10,12,17H,4-5,11,13,23H2,1-3H3,(H,24,30,31)/t17-/m0/s1. The van der Waals surface area contributed by atoms with Gasteiger partial charge in [-0.2, -0.15) is 0 Å². The molecule has 1 aromatic heterocycles. The number of nitrogens with one attached hydrogen (secondary N) is 1. The molecule has 3 N–H and O–H groups in total. The van der Waals surface area contributed by atoms with Crippen molar-refractivity contribution in [3.63, 3.8) is 0 Å². The van der Waals surface area contributed by atoms with Crippen LogP contribution in [-0.4, -0.2) is 33.3 Å². The van der Waals surface area contributed by atoms with Gasteiger partial charge >= 0.3 is 5.69 Å². The Balaban J connectivity index is 1.95. The summed E-state index contributed by atoms with van der Waals surface area (Å²) in [7, 11) is 1.45. The smallest absolute Gasteiger partial charge is 0.330 e. The minimum absolute atomic E-state index is 0.0505. The van der Waals surface area contributed by atoms with E-state index in [-0.39, 0.29) is 23.8 Å². The molecule has 0 radical (unpaired) electrons. The number of carbonyl (C=O) groups excluding carboxylic acids is 2. The summed E-state index contributed by atoms with van der Waals surface area (Å²) in [5.41, 5.74) is 6.49. The van der Waals surface area contributed by atoms with Crippen molar-refractivity contribution in [2.24, 2.45) is 0 Å². The molecule has 0 bridgehead atoms. The van der Waals surface area contributed by atoms with E-state index in [4.69, 9.17) is 5.73 Å². The highest BCUT2D eigenvalue weighted by molar-refractivity contribution is 5.96. The number of amides is 2. The van der Waals surface area contributed by atoms with Crippen molar-refractivity contribution in [1.82, 2.24) is 14.5 Å². The lowest BCUT2D eigenvalue weighted by Crippen LogP contribution is -2.41. The van der Waals surface area contributed by atoms with E-state index in [1.165, 1.54) is 23.4 Å². The number of nitrogens with two attached hydrogens (primary N) is 1. The second-order valence-corrected chi connectivity index (χ2v) is 7.54. The zero-order valence-corrected chi connectivity index (χ0v) is 17.9. The zero-order valence-electron chi connectivity index (χ0n) is 17.9. The third-order valence-electron chi connectivity index (χ3n) is 5.50. The predicted octanol–water partition coefficient (Wildman–Crippen LogP) is 1.85. The Labute approximate surface area is 179 Å². The lowest BCUT2D eigenvalue weighted by atomic mass is 9.93. The Morgan fingerprint density at radius 2 is 1.94 bits per heavy atom. The van der Waals surface area contributed by atoms with Gasteiger partial charge in [0.2, 0.25) is 11.8 Å². The van der Waals surface area contributed by atoms with Crippen LogP contribution in [0.1, 0.15) is 50.3 Å². The maximum Gasteiger partial charge on any atom is 0.330 e. The summed E-state index contributed by atoms with van der Waals surface area (Å²) in [6.07, 6.45) is 4.98. The third-order valence-corrected chi connectivity index (χ3v) is 5.50. The van der Waals surface area contributed by atoms with Crippen LogP contribution in [0, 0.1) is 0 Å². The molecule has 0 saturated heterocycles. The largest absolute Gasteiger partial charge is 0.383 e. The van der Waals surface area contributed by atoms with E-state index in [1.807, 2.05) is 37.3 Å². The molecule has 3 rings (SSSR count). The number of unbranched alkanes of at least 4 members (excludes halogenated alkanes) is 1. The van der Waals surface area contributed by atoms with E-state index >= 15 is 0 Å². The van der Waals surface area contributed by atoms with E-state index in [2.05, 4.69) is 4.98 Å². The van der Waals surface area contributed by atoms with Crippen LogP contribution >= 0.6 is 0 Å². The van der Waals surface area contributed by atoms with Crippen molar-refractivity contribution in [3.05, 3.63) is 62.4 Å². The Hall–Kier alpha value is -3.62. The van der Waals surface area contributed by atoms with Gasteiger partial charge in [0.05, 0.1) is 12.5 Å². The lowest BCUT2D eigenvalue weighted by molar-refractivity contribution is -0.129. The number of rotatable bonds is 6. The molecule has 9 heteroatoms. The lowest BCUT2D eigenvalue weighted by Gasteiger charge is -2.33. The summed E-state index contributed by atoms with van der Waals surface area (Å²) in [6, 6.07) is 7.01. The summed E-state index contributed by atoms with van der Waals surface area (Å²) >= 11 is 0. The molecule has 2 amide bonds. The van der Waals surface area contributed by atoms with E-state index in [0.29, 0.717) is 13.0 Å². The topological polar surface area (TPSA) is 121 Å². The molecule has 0 unspecified atom stereocenters. The Bertz CT molecular complexity index is 1150. The summed E-state index contributed by atoms with van der Waals surface area (Å²) in [5, 5.41) is 0. The first kappa shape index (κ1) is 22.1. The number of anilines is 2. The average molecular weight is 425 g/mol. The van der Waals surface area contributed by atoms with Crippen molar-refractivity contribution in [2.45, 2.75) is 45.7 Å². The molecule has 0 fully saturated rings. The van der Waals surface area contributed by atoms with Crippen molar-refractivity contribution in [2.75, 3.05) is 17.7 Å². The van der Waals surface area contributed by atoms with Gasteiger partial charge in [-0.15, -0.1) is 0 Å². The van der Waals surface area contributed by atoms with Crippen LogP contribution in [0.2, 0.25) is 0 Å². The van der Waals surface area contributed by atoms with Gasteiger partial charge in [0.25, 0.3) is 5.56 Å². The fourth-order valence-electron chi connectivity index (χ4n) is 3.78. The molecular formula is C22H27N5O4. The quantitative estimate of drug-likeness (QED) is 0.731. The fourth-order valence-corrected chi connectivity index (χ4v) is 3.78.